The molecule has 0 fully saturated rings. The van der Waals surface area contributed by atoms with Crippen LogP contribution in [0, 0.1) is 0 Å². The van der Waals surface area contributed by atoms with E-state index < -0.39 is 0 Å². The van der Waals surface area contributed by atoms with E-state index in [4.69, 9.17) is 0 Å². The minimum Gasteiger partial charge on any atom is -0.264 e. The monoisotopic (exact) mass is 196 g/mol. The molecule has 0 amide bonds. The number of nitrogens with zero attached hydrogens (tertiary/aromatic N) is 4. The lowest BCUT2D eigenvalue weighted by molar-refractivity contribution is 0.941. The number of aromatic nitrogens is 4. The van der Waals surface area contributed by atoms with Crippen molar-refractivity contribution >= 4 is 5.65 Å². The summed E-state index contributed by atoms with van der Waals surface area (Å²) in [5, 5.41) is 4.42. The molecule has 4 nitrogen and oxygen atoms in total. The zero-order valence-corrected chi connectivity index (χ0v) is 7.91. The maximum Gasteiger partial charge on any atom is 0.153 e. The third-order valence-corrected chi connectivity index (χ3v) is 2.21. The van der Waals surface area contributed by atoms with Gasteiger partial charge in [-0.1, -0.05) is 0 Å². The molecule has 15 heavy (non-hydrogen) atoms. The minimum absolute atomic E-state index is 0.850. The fourth-order valence-electron chi connectivity index (χ4n) is 1.48. The van der Waals surface area contributed by atoms with Gasteiger partial charge in [-0.15, -0.1) is 0 Å². The minimum atomic E-state index is 0.850. The Labute approximate surface area is 86.2 Å². The number of pyridine rings is 1. The highest BCUT2D eigenvalue weighted by Gasteiger charge is 2.00. The van der Waals surface area contributed by atoms with Gasteiger partial charge in [0.15, 0.2) is 5.65 Å². The first kappa shape index (κ1) is 8.11. The van der Waals surface area contributed by atoms with Gasteiger partial charge in [0, 0.05) is 30.4 Å². The van der Waals surface area contributed by atoms with Crippen LogP contribution in [0.4, 0.5) is 0 Å². The summed E-state index contributed by atoms with van der Waals surface area (Å²) >= 11 is 0. The second-order valence-corrected chi connectivity index (χ2v) is 3.19. The van der Waals surface area contributed by atoms with E-state index in [-0.39, 0.29) is 0 Å². The van der Waals surface area contributed by atoms with Gasteiger partial charge in [0.25, 0.3) is 0 Å². The van der Waals surface area contributed by atoms with Crippen molar-refractivity contribution < 1.29 is 0 Å². The molecule has 0 aliphatic carbocycles. The Hall–Kier alpha value is -2.23. The van der Waals surface area contributed by atoms with Gasteiger partial charge in [0.2, 0.25) is 0 Å². The summed E-state index contributed by atoms with van der Waals surface area (Å²) in [7, 11) is 0. The largest absolute Gasteiger partial charge is 0.264 e. The molecule has 0 aromatic carbocycles. The second-order valence-electron chi connectivity index (χ2n) is 3.19. The molecule has 3 rings (SSSR count). The van der Waals surface area contributed by atoms with E-state index >= 15 is 0 Å². The molecule has 0 N–H and O–H groups in total. The van der Waals surface area contributed by atoms with E-state index in [1.807, 2.05) is 30.5 Å². The Kier molecular flexibility index (Phi) is 1.71. The maximum absolute atomic E-state index is 4.42. The summed E-state index contributed by atoms with van der Waals surface area (Å²) in [4.78, 5) is 8.20. The van der Waals surface area contributed by atoms with E-state index in [0.29, 0.717) is 0 Å². The van der Waals surface area contributed by atoms with Crippen LogP contribution in [0.15, 0.2) is 49.1 Å². The van der Waals surface area contributed by atoms with E-state index in [2.05, 4.69) is 15.1 Å². The first-order chi connectivity index (χ1) is 7.43. The van der Waals surface area contributed by atoms with Gasteiger partial charge in [-0.3, -0.25) is 4.98 Å². The Balaban J connectivity index is 2.19. The van der Waals surface area contributed by atoms with Crippen molar-refractivity contribution in [2.45, 2.75) is 0 Å². The van der Waals surface area contributed by atoms with Crippen LogP contribution in [-0.4, -0.2) is 19.6 Å². The Morgan fingerprint density at radius 3 is 2.93 bits per heavy atom. The lowest BCUT2D eigenvalue weighted by Gasteiger charge is -1.99. The number of hydrogen-bond donors (Lipinski definition) is 0. The fraction of sp³-hybridized carbons (Fsp3) is 0. The summed E-state index contributed by atoms with van der Waals surface area (Å²) in [6.07, 6.45) is 7.11. The SMILES string of the molecule is c1cncc(-c2ccc3nccn3n2)c1. The highest BCUT2D eigenvalue weighted by molar-refractivity contribution is 5.58. The average molecular weight is 196 g/mol. The zero-order valence-electron chi connectivity index (χ0n) is 7.91. The molecule has 0 saturated heterocycles. The van der Waals surface area contributed by atoms with Crippen molar-refractivity contribution in [3.8, 4) is 11.3 Å². The summed E-state index contributed by atoms with van der Waals surface area (Å²) in [5.41, 5.74) is 2.75. The first-order valence-electron chi connectivity index (χ1n) is 4.64. The van der Waals surface area contributed by atoms with Crippen molar-refractivity contribution in [2.24, 2.45) is 0 Å². The van der Waals surface area contributed by atoms with Crippen LogP contribution in [0.5, 0.6) is 0 Å². The molecule has 0 aliphatic rings. The molecule has 3 aromatic rings. The molecule has 0 spiro atoms. The quantitative estimate of drug-likeness (QED) is 0.596. The van der Waals surface area contributed by atoms with Crippen molar-refractivity contribution in [3.63, 3.8) is 0 Å². The summed E-state index contributed by atoms with van der Waals surface area (Å²) < 4.78 is 1.75. The molecule has 3 heterocycles. The standard InChI is InChI=1S/C11H8N4/c1-2-9(8-12-5-1)10-3-4-11-13-6-7-15(11)14-10/h1-8H. The number of rotatable bonds is 1. The van der Waals surface area contributed by atoms with Crippen LogP contribution >= 0.6 is 0 Å². The normalized spacial score (nSPS) is 10.7. The molecule has 0 saturated carbocycles. The lowest BCUT2D eigenvalue weighted by atomic mass is 10.2. The van der Waals surface area contributed by atoms with E-state index in [0.717, 1.165) is 16.9 Å². The third-order valence-electron chi connectivity index (χ3n) is 2.21. The Bertz CT molecular complexity index is 586. The molecule has 72 valence electrons. The van der Waals surface area contributed by atoms with Crippen LogP contribution in [0.3, 0.4) is 0 Å². The highest BCUT2D eigenvalue weighted by atomic mass is 15.2. The van der Waals surface area contributed by atoms with E-state index in [9.17, 15) is 0 Å². The molecule has 3 aromatic heterocycles. The van der Waals surface area contributed by atoms with Gasteiger partial charge in [-0.25, -0.2) is 9.50 Å². The van der Waals surface area contributed by atoms with Crippen molar-refractivity contribution in [1.29, 1.82) is 0 Å². The van der Waals surface area contributed by atoms with Crippen LogP contribution < -0.4 is 0 Å². The van der Waals surface area contributed by atoms with Gasteiger partial charge < -0.3 is 0 Å². The van der Waals surface area contributed by atoms with Crippen molar-refractivity contribution in [2.75, 3.05) is 0 Å². The van der Waals surface area contributed by atoms with Crippen LogP contribution in [0.2, 0.25) is 0 Å². The topological polar surface area (TPSA) is 43.1 Å². The molecular weight excluding hydrogens is 188 g/mol. The van der Waals surface area contributed by atoms with Gasteiger partial charge in [0.1, 0.15) is 0 Å². The molecule has 0 bridgehead atoms. The summed E-state index contributed by atoms with van der Waals surface area (Å²) in [5.74, 6) is 0. The second kappa shape index (κ2) is 3.16. The molecule has 0 atom stereocenters. The maximum atomic E-state index is 4.42. The van der Waals surface area contributed by atoms with E-state index in [1.165, 1.54) is 0 Å². The predicted octanol–water partition coefficient (Wildman–Crippen LogP) is 1.79. The van der Waals surface area contributed by atoms with Gasteiger partial charge in [0.05, 0.1) is 5.69 Å². The third kappa shape index (κ3) is 1.36. The molecular formula is C11H8N4. The van der Waals surface area contributed by atoms with Crippen LogP contribution in [-0.2, 0) is 0 Å². The summed E-state index contributed by atoms with van der Waals surface area (Å²) in [6, 6.07) is 7.77. The fourth-order valence-corrected chi connectivity index (χ4v) is 1.48. The Morgan fingerprint density at radius 1 is 1.07 bits per heavy atom. The molecule has 0 radical (unpaired) electrons. The number of hydrogen-bond acceptors (Lipinski definition) is 3. The summed E-state index contributed by atoms with van der Waals surface area (Å²) in [6.45, 7) is 0. The predicted molar refractivity (Wildman–Crippen MR) is 56.2 cm³/mol. The zero-order chi connectivity index (χ0) is 10.1. The molecule has 4 heteroatoms. The van der Waals surface area contributed by atoms with Crippen LogP contribution in [0.1, 0.15) is 0 Å². The highest BCUT2D eigenvalue weighted by Crippen LogP contribution is 2.14. The Morgan fingerprint density at radius 2 is 2.07 bits per heavy atom. The van der Waals surface area contributed by atoms with Crippen molar-refractivity contribution in [3.05, 3.63) is 49.1 Å². The smallest absolute Gasteiger partial charge is 0.153 e. The molecule has 0 unspecified atom stereocenters. The lowest BCUT2D eigenvalue weighted by Crippen LogP contribution is -1.93. The first-order valence-corrected chi connectivity index (χ1v) is 4.64. The van der Waals surface area contributed by atoms with E-state index in [1.54, 1.807) is 23.1 Å². The number of fused-ring (bicyclic) bond motifs is 1. The van der Waals surface area contributed by atoms with Gasteiger partial charge in [-0.2, -0.15) is 5.10 Å². The average Bonchev–Trinajstić information content (AvgIpc) is 2.77. The number of imidazole rings is 1. The van der Waals surface area contributed by atoms with Crippen molar-refractivity contribution in [1.82, 2.24) is 19.6 Å². The van der Waals surface area contributed by atoms with Gasteiger partial charge >= 0.3 is 0 Å². The van der Waals surface area contributed by atoms with Crippen LogP contribution in [0.25, 0.3) is 16.9 Å². The van der Waals surface area contributed by atoms with Gasteiger partial charge in [-0.05, 0) is 24.3 Å². The molecule has 0 aliphatic heterocycles.